The van der Waals surface area contributed by atoms with Crippen molar-refractivity contribution in [1.29, 1.82) is 0 Å². The average Bonchev–Trinajstić information content (AvgIpc) is 2.62. The lowest BCUT2D eigenvalue weighted by atomic mass is 10.2. The molecule has 6 nitrogen and oxygen atoms in total. The van der Waals surface area contributed by atoms with E-state index in [1.807, 2.05) is 0 Å². The highest BCUT2D eigenvalue weighted by atomic mass is 35.5. The molecule has 0 radical (unpaired) electrons. The first-order chi connectivity index (χ1) is 12.3. The normalized spacial score (nSPS) is 11.5. The number of ether oxygens (including phenoxy) is 1. The van der Waals surface area contributed by atoms with E-state index in [0.717, 1.165) is 6.07 Å². The van der Waals surface area contributed by atoms with E-state index in [0.29, 0.717) is 5.56 Å². The fourth-order valence-electron chi connectivity index (χ4n) is 2.05. The first-order valence-electron chi connectivity index (χ1n) is 7.32. The van der Waals surface area contributed by atoms with E-state index < -0.39 is 21.7 Å². The molecule has 2 aromatic rings. The average molecular weight is 399 g/mol. The van der Waals surface area contributed by atoms with Crippen LogP contribution < -0.4 is 14.8 Å². The highest BCUT2D eigenvalue weighted by Gasteiger charge is 2.17. The minimum atomic E-state index is -3.72. The summed E-state index contributed by atoms with van der Waals surface area (Å²) in [6.07, 6.45) is 2.62. The molecule has 0 unspecified atom stereocenters. The van der Waals surface area contributed by atoms with Gasteiger partial charge in [-0.15, -0.1) is 0 Å². The van der Waals surface area contributed by atoms with Gasteiger partial charge >= 0.3 is 0 Å². The molecule has 0 aliphatic rings. The third-order valence-corrected chi connectivity index (χ3v) is 5.10. The van der Waals surface area contributed by atoms with E-state index >= 15 is 0 Å². The molecule has 0 aliphatic carbocycles. The van der Waals surface area contributed by atoms with Crippen LogP contribution in [0.3, 0.4) is 0 Å². The lowest BCUT2D eigenvalue weighted by Crippen LogP contribution is -2.19. The topological polar surface area (TPSA) is 84.5 Å². The van der Waals surface area contributed by atoms with Crippen LogP contribution in [0.15, 0.2) is 47.4 Å². The highest BCUT2D eigenvalue weighted by molar-refractivity contribution is 7.89. The number of sulfonamides is 1. The molecular formula is C17H16ClFN2O4S. The van der Waals surface area contributed by atoms with Crippen molar-refractivity contribution in [3.05, 3.63) is 58.9 Å². The molecule has 9 heteroatoms. The largest absolute Gasteiger partial charge is 0.495 e. The highest BCUT2D eigenvalue weighted by Crippen LogP contribution is 2.25. The summed E-state index contributed by atoms with van der Waals surface area (Å²) >= 11 is 5.58. The second kappa shape index (κ2) is 8.31. The SMILES string of the molecule is CNS(=O)(=O)c1cc(/C=C/C(=O)Nc2ccc(Cl)c(F)c2)ccc1OC. The van der Waals surface area contributed by atoms with Crippen LogP contribution in [0.1, 0.15) is 5.56 Å². The van der Waals surface area contributed by atoms with Crippen LogP contribution in [0.5, 0.6) is 5.75 Å². The van der Waals surface area contributed by atoms with E-state index in [-0.39, 0.29) is 21.4 Å². The van der Waals surface area contributed by atoms with Gasteiger partial charge in [0.15, 0.2) is 0 Å². The van der Waals surface area contributed by atoms with Crippen molar-refractivity contribution in [2.45, 2.75) is 4.90 Å². The van der Waals surface area contributed by atoms with Crippen molar-refractivity contribution in [2.75, 3.05) is 19.5 Å². The molecule has 2 N–H and O–H groups in total. The molecule has 0 heterocycles. The molecule has 0 bridgehead atoms. The monoisotopic (exact) mass is 398 g/mol. The zero-order valence-corrected chi connectivity index (χ0v) is 15.5. The number of carbonyl (C=O) groups excluding carboxylic acids is 1. The van der Waals surface area contributed by atoms with E-state index in [2.05, 4.69) is 10.0 Å². The van der Waals surface area contributed by atoms with Gasteiger partial charge in [-0.3, -0.25) is 4.79 Å². The van der Waals surface area contributed by atoms with Gasteiger partial charge in [-0.05, 0) is 49.0 Å². The molecule has 1 amide bonds. The molecule has 2 rings (SSSR count). The number of benzene rings is 2. The van der Waals surface area contributed by atoms with Gasteiger partial charge in [0.2, 0.25) is 15.9 Å². The summed E-state index contributed by atoms with van der Waals surface area (Å²) in [4.78, 5) is 11.9. The summed E-state index contributed by atoms with van der Waals surface area (Å²) < 4.78 is 44.7. The summed E-state index contributed by atoms with van der Waals surface area (Å²) in [5.74, 6) is -0.983. The lowest BCUT2D eigenvalue weighted by Gasteiger charge is -2.09. The lowest BCUT2D eigenvalue weighted by molar-refractivity contribution is -0.111. The van der Waals surface area contributed by atoms with Gasteiger partial charge in [0.05, 0.1) is 12.1 Å². The van der Waals surface area contributed by atoms with Crippen molar-refractivity contribution in [3.8, 4) is 5.75 Å². The number of methoxy groups -OCH3 is 1. The van der Waals surface area contributed by atoms with Crippen molar-refractivity contribution >= 4 is 39.3 Å². The maximum absolute atomic E-state index is 13.4. The van der Waals surface area contributed by atoms with Crippen LogP contribution in [-0.4, -0.2) is 28.5 Å². The molecule has 0 aromatic heterocycles. The quantitative estimate of drug-likeness (QED) is 0.732. The fourth-order valence-corrected chi connectivity index (χ4v) is 3.09. The van der Waals surface area contributed by atoms with Crippen molar-refractivity contribution in [1.82, 2.24) is 4.72 Å². The molecule has 0 saturated heterocycles. The Morgan fingerprint density at radius 2 is 1.96 bits per heavy atom. The molecular weight excluding hydrogens is 383 g/mol. The number of nitrogens with one attached hydrogen (secondary N) is 2. The van der Waals surface area contributed by atoms with Gasteiger partial charge in [0, 0.05) is 11.8 Å². The number of amides is 1. The Morgan fingerprint density at radius 3 is 2.58 bits per heavy atom. The summed E-state index contributed by atoms with van der Waals surface area (Å²) in [7, 11) is -1.08. The number of anilines is 1. The maximum Gasteiger partial charge on any atom is 0.248 e. The second-order valence-corrected chi connectivity index (χ2v) is 7.33. The van der Waals surface area contributed by atoms with Crippen LogP contribution in [0.25, 0.3) is 6.08 Å². The van der Waals surface area contributed by atoms with Crippen molar-refractivity contribution < 1.29 is 22.3 Å². The zero-order chi connectivity index (χ0) is 19.3. The van der Waals surface area contributed by atoms with Crippen LogP contribution in [-0.2, 0) is 14.8 Å². The van der Waals surface area contributed by atoms with Crippen LogP contribution in [0.2, 0.25) is 5.02 Å². The Labute approximate surface area is 155 Å². The first-order valence-corrected chi connectivity index (χ1v) is 9.18. The number of halogens is 2. The van der Waals surface area contributed by atoms with Crippen molar-refractivity contribution in [2.24, 2.45) is 0 Å². The standard InChI is InChI=1S/C17H16ClFN2O4S/c1-20-26(23,24)16-9-11(3-7-15(16)25-2)4-8-17(22)21-12-5-6-13(18)14(19)10-12/h3-10,20H,1-2H3,(H,21,22)/b8-4+. The Morgan fingerprint density at radius 1 is 1.23 bits per heavy atom. The molecule has 138 valence electrons. The summed E-state index contributed by atoms with van der Waals surface area (Å²) in [6, 6.07) is 8.34. The zero-order valence-electron chi connectivity index (χ0n) is 13.9. The van der Waals surface area contributed by atoms with E-state index in [1.54, 1.807) is 6.07 Å². The Bertz CT molecular complexity index is 961. The van der Waals surface area contributed by atoms with Crippen LogP contribution >= 0.6 is 11.6 Å². The van der Waals surface area contributed by atoms with Gasteiger partial charge in [0.25, 0.3) is 0 Å². The number of rotatable bonds is 6. The molecule has 0 spiro atoms. The third kappa shape index (κ3) is 4.81. The maximum atomic E-state index is 13.4. The van der Waals surface area contributed by atoms with E-state index in [1.165, 1.54) is 50.6 Å². The van der Waals surface area contributed by atoms with Crippen molar-refractivity contribution in [3.63, 3.8) is 0 Å². The Balaban J connectivity index is 2.20. The minimum absolute atomic E-state index is 0.0463. The molecule has 0 atom stereocenters. The van der Waals surface area contributed by atoms with Crippen LogP contribution in [0, 0.1) is 5.82 Å². The fraction of sp³-hybridized carbons (Fsp3) is 0.118. The first kappa shape index (κ1) is 19.9. The van der Waals surface area contributed by atoms with Gasteiger partial charge in [-0.2, -0.15) is 0 Å². The predicted molar refractivity (Wildman–Crippen MR) is 98.3 cm³/mol. The van der Waals surface area contributed by atoms with Gasteiger partial charge in [-0.1, -0.05) is 17.7 Å². The number of carbonyl (C=O) groups is 1. The smallest absolute Gasteiger partial charge is 0.248 e. The minimum Gasteiger partial charge on any atom is -0.495 e. The molecule has 2 aromatic carbocycles. The number of hydrogen-bond acceptors (Lipinski definition) is 4. The third-order valence-electron chi connectivity index (χ3n) is 3.36. The van der Waals surface area contributed by atoms with E-state index in [4.69, 9.17) is 16.3 Å². The molecule has 0 fully saturated rings. The summed E-state index contributed by atoms with van der Waals surface area (Å²) in [6.45, 7) is 0. The van der Waals surface area contributed by atoms with Gasteiger partial charge in [0.1, 0.15) is 16.5 Å². The van der Waals surface area contributed by atoms with E-state index in [9.17, 15) is 17.6 Å². The van der Waals surface area contributed by atoms with Crippen LogP contribution in [0.4, 0.5) is 10.1 Å². The predicted octanol–water partition coefficient (Wildman–Crippen LogP) is 3.05. The summed E-state index contributed by atoms with van der Waals surface area (Å²) in [5, 5.41) is 2.43. The summed E-state index contributed by atoms with van der Waals surface area (Å²) in [5.41, 5.74) is 0.715. The second-order valence-electron chi connectivity index (χ2n) is 5.07. The van der Waals surface area contributed by atoms with Gasteiger partial charge in [-0.25, -0.2) is 17.5 Å². The van der Waals surface area contributed by atoms with Gasteiger partial charge < -0.3 is 10.1 Å². The molecule has 0 saturated carbocycles. The molecule has 26 heavy (non-hydrogen) atoms. The Kier molecular flexibility index (Phi) is 6.36. The number of hydrogen-bond donors (Lipinski definition) is 2. The Hall–Kier alpha value is -2.42. The molecule has 0 aliphatic heterocycles.